The van der Waals surface area contributed by atoms with Gasteiger partial charge in [-0.2, -0.15) is 0 Å². The molecule has 2 saturated heterocycles. The molecular formula is C20H34N6O3. The number of guanidine groups is 1. The van der Waals surface area contributed by atoms with E-state index in [1.807, 2.05) is 0 Å². The van der Waals surface area contributed by atoms with Gasteiger partial charge in [-0.3, -0.25) is 15.0 Å². The third kappa shape index (κ3) is 5.54. The molecule has 162 valence electrons. The third-order valence-electron chi connectivity index (χ3n) is 6.58. The van der Waals surface area contributed by atoms with Crippen molar-refractivity contribution in [3.63, 3.8) is 0 Å². The Kier molecular flexibility index (Phi) is 7.60. The van der Waals surface area contributed by atoms with E-state index in [0.717, 1.165) is 19.1 Å². The van der Waals surface area contributed by atoms with Crippen LogP contribution in [0.3, 0.4) is 0 Å². The number of carbonyl (C=O) groups excluding carboxylic acids is 3. The van der Waals surface area contributed by atoms with E-state index in [1.165, 1.54) is 19.3 Å². The number of Topliss-reactive ketones (excluding diaryl/α,β-unsaturated/α-hetero) is 1. The quantitative estimate of drug-likeness (QED) is 0.130. The van der Waals surface area contributed by atoms with Gasteiger partial charge in [0.25, 0.3) is 0 Å². The predicted molar refractivity (Wildman–Crippen MR) is 109 cm³/mol. The molecular weight excluding hydrogens is 372 g/mol. The van der Waals surface area contributed by atoms with Crippen LogP contribution >= 0.6 is 0 Å². The summed E-state index contributed by atoms with van der Waals surface area (Å²) in [6.07, 6.45) is 8.10. The SMILES string of the molecule is N=C(N)NCCC[C@@H](C=O)NC(=O)[C@H]1NCCC1C(=O)C1CC2CCCCC2N1. The van der Waals surface area contributed by atoms with Crippen LogP contribution in [0.4, 0.5) is 0 Å². The molecule has 6 atom stereocenters. The second-order valence-electron chi connectivity index (χ2n) is 8.57. The zero-order valence-electron chi connectivity index (χ0n) is 16.9. The molecule has 1 amide bonds. The van der Waals surface area contributed by atoms with Crippen molar-refractivity contribution in [2.75, 3.05) is 13.1 Å². The summed E-state index contributed by atoms with van der Waals surface area (Å²) in [5.41, 5.74) is 5.23. The predicted octanol–water partition coefficient (Wildman–Crippen LogP) is -0.599. The van der Waals surface area contributed by atoms with Gasteiger partial charge < -0.3 is 31.8 Å². The standard InChI is InChI=1S/C20H34N6O3/c21-20(22)24-8-3-5-13(11-27)25-19(29)17-14(7-9-23-17)18(28)16-10-12-4-1-2-6-15(12)26-16/h11-17,23,26H,1-10H2,(H,25,29)(H4,21,22,24)/t12?,13-,14?,15?,16?,17-/m0/s1. The Labute approximate surface area is 171 Å². The van der Waals surface area contributed by atoms with Crippen LogP contribution in [0.15, 0.2) is 0 Å². The highest BCUT2D eigenvalue weighted by Crippen LogP contribution is 2.35. The van der Waals surface area contributed by atoms with E-state index in [2.05, 4.69) is 21.3 Å². The molecule has 0 radical (unpaired) electrons. The number of hydrogen-bond acceptors (Lipinski definition) is 6. The monoisotopic (exact) mass is 406 g/mol. The molecule has 0 aromatic rings. The Bertz CT molecular complexity index is 613. The summed E-state index contributed by atoms with van der Waals surface area (Å²) in [5.74, 6) is -0.0268. The van der Waals surface area contributed by atoms with Gasteiger partial charge in [-0.1, -0.05) is 12.8 Å². The molecule has 0 spiro atoms. The number of hydrogen-bond donors (Lipinski definition) is 6. The Morgan fingerprint density at radius 3 is 2.76 bits per heavy atom. The summed E-state index contributed by atoms with van der Waals surface area (Å²) in [6, 6.07) is -0.892. The lowest BCUT2D eigenvalue weighted by molar-refractivity contribution is -0.132. The molecule has 4 unspecified atom stereocenters. The lowest BCUT2D eigenvalue weighted by atomic mass is 9.83. The van der Waals surface area contributed by atoms with Crippen molar-refractivity contribution in [2.24, 2.45) is 17.6 Å². The second kappa shape index (κ2) is 10.2. The smallest absolute Gasteiger partial charge is 0.238 e. The molecule has 0 aromatic heterocycles. The maximum atomic E-state index is 13.1. The van der Waals surface area contributed by atoms with Crippen molar-refractivity contribution in [3.8, 4) is 0 Å². The minimum Gasteiger partial charge on any atom is -0.370 e. The number of carbonyl (C=O) groups is 3. The van der Waals surface area contributed by atoms with E-state index in [0.29, 0.717) is 44.3 Å². The Hall–Kier alpha value is -2.00. The van der Waals surface area contributed by atoms with Gasteiger partial charge in [0.2, 0.25) is 5.91 Å². The first-order valence-electron chi connectivity index (χ1n) is 10.9. The van der Waals surface area contributed by atoms with Gasteiger partial charge in [0, 0.05) is 18.5 Å². The van der Waals surface area contributed by atoms with Gasteiger partial charge >= 0.3 is 0 Å². The summed E-state index contributed by atoms with van der Waals surface area (Å²) in [6.45, 7) is 1.09. The van der Waals surface area contributed by atoms with Crippen LogP contribution in [0.2, 0.25) is 0 Å². The highest BCUT2D eigenvalue weighted by molar-refractivity contribution is 5.95. The first-order valence-corrected chi connectivity index (χ1v) is 10.9. The van der Waals surface area contributed by atoms with E-state index in [4.69, 9.17) is 11.1 Å². The fraction of sp³-hybridized carbons (Fsp3) is 0.800. The van der Waals surface area contributed by atoms with Gasteiger partial charge in [0.15, 0.2) is 11.7 Å². The Balaban J connectivity index is 1.51. The molecule has 9 heteroatoms. The fourth-order valence-electron chi connectivity index (χ4n) is 5.07. The summed E-state index contributed by atoms with van der Waals surface area (Å²) in [7, 11) is 0. The number of aldehydes is 1. The lowest BCUT2D eigenvalue weighted by Crippen LogP contribution is -2.51. The molecule has 29 heavy (non-hydrogen) atoms. The van der Waals surface area contributed by atoms with Gasteiger partial charge in [-0.05, 0) is 51.0 Å². The van der Waals surface area contributed by atoms with E-state index in [1.54, 1.807) is 0 Å². The summed E-state index contributed by atoms with van der Waals surface area (Å²) in [4.78, 5) is 37.3. The van der Waals surface area contributed by atoms with Crippen LogP contribution in [0.25, 0.3) is 0 Å². The molecule has 1 aliphatic carbocycles. The lowest BCUT2D eigenvalue weighted by Gasteiger charge is -2.24. The van der Waals surface area contributed by atoms with Gasteiger partial charge in [0.05, 0.1) is 18.1 Å². The topological polar surface area (TPSA) is 149 Å². The van der Waals surface area contributed by atoms with Crippen molar-refractivity contribution in [1.29, 1.82) is 5.41 Å². The molecule has 0 bridgehead atoms. The van der Waals surface area contributed by atoms with Crippen molar-refractivity contribution >= 4 is 23.9 Å². The number of fused-ring (bicyclic) bond motifs is 1. The first kappa shape index (κ1) is 21.7. The highest BCUT2D eigenvalue weighted by atomic mass is 16.2. The highest BCUT2D eigenvalue weighted by Gasteiger charge is 2.45. The molecule has 3 fully saturated rings. The number of nitrogens with two attached hydrogens (primary N) is 1. The minimum absolute atomic E-state index is 0.117. The summed E-state index contributed by atoms with van der Waals surface area (Å²) < 4.78 is 0. The van der Waals surface area contributed by atoms with Crippen molar-refractivity contribution in [2.45, 2.75) is 75.5 Å². The molecule has 9 nitrogen and oxygen atoms in total. The molecule has 2 aliphatic heterocycles. The van der Waals surface area contributed by atoms with E-state index < -0.39 is 12.1 Å². The first-order chi connectivity index (χ1) is 14.0. The molecule has 0 aromatic carbocycles. The fourth-order valence-corrected chi connectivity index (χ4v) is 5.07. The van der Waals surface area contributed by atoms with Crippen molar-refractivity contribution in [3.05, 3.63) is 0 Å². The van der Waals surface area contributed by atoms with Crippen LogP contribution < -0.4 is 27.0 Å². The zero-order chi connectivity index (χ0) is 20.8. The van der Waals surface area contributed by atoms with E-state index in [-0.39, 0.29) is 29.6 Å². The molecule has 3 rings (SSSR count). The number of nitrogens with one attached hydrogen (secondary N) is 5. The van der Waals surface area contributed by atoms with Gasteiger partial charge in [-0.25, -0.2) is 0 Å². The van der Waals surface area contributed by atoms with Crippen LogP contribution in [0.1, 0.15) is 51.4 Å². The maximum absolute atomic E-state index is 13.1. The van der Waals surface area contributed by atoms with Gasteiger partial charge in [0.1, 0.15) is 6.29 Å². The average molecular weight is 407 g/mol. The van der Waals surface area contributed by atoms with Crippen LogP contribution in [0, 0.1) is 17.2 Å². The molecule has 7 N–H and O–H groups in total. The largest absolute Gasteiger partial charge is 0.370 e. The maximum Gasteiger partial charge on any atom is 0.238 e. The minimum atomic E-state index is -0.609. The number of ketones is 1. The van der Waals surface area contributed by atoms with Crippen LogP contribution in [0.5, 0.6) is 0 Å². The summed E-state index contributed by atoms with van der Waals surface area (Å²) >= 11 is 0. The van der Waals surface area contributed by atoms with Crippen molar-refractivity contribution in [1.82, 2.24) is 21.3 Å². The molecule has 3 aliphatic rings. The Morgan fingerprint density at radius 1 is 1.24 bits per heavy atom. The van der Waals surface area contributed by atoms with Crippen LogP contribution in [-0.4, -0.2) is 61.2 Å². The molecule has 2 heterocycles. The van der Waals surface area contributed by atoms with E-state index in [9.17, 15) is 14.4 Å². The van der Waals surface area contributed by atoms with Gasteiger partial charge in [-0.15, -0.1) is 0 Å². The second-order valence-corrected chi connectivity index (χ2v) is 8.57. The summed E-state index contributed by atoms with van der Waals surface area (Å²) in [5, 5.41) is 19.2. The third-order valence-corrected chi connectivity index (χ3v) is 6.58. The zero-order valence-corrected chi connectivity index (χ0v) is 16.9. The average Bonchev–Trinajstić information content (AvgIpc) is 3.36. The normalized spacial score (nSPS) is 32.2. The van der Waals surface area contributed by atoms with Crippen LogP contribution in [-0.2, 0) is 14.4 Å². The number of amides is 1. The number of rotatable bonds is 9. The molecule has 1 saturated carbocycles. The van der Waals surface area contributed by atoms with E-state index >= 15 is 0 Å². The Morgan fingerprint density at radius 2 is 2.03 bits per heavy atom. The van der Waals surface area contributed by atoms with Crippen molar-refractivity contribution < 1.29 is 14.4 Å².